The van der Waals surface area contributed by atoms with E-state index in [4.69, 9.17) is 16.3 Å². The molecule has 0 saturated carbocycles. The third-order valence-electron chi connectivity index (χ3n) is 1.50. The largest absolute Gasteiger partial charge is 0.481 e. The summed E-state index contributed by atoms with van der Waals surface area (Å²) in [4.78, 5) is 10.9. The molecule has 0 aromatic carbocycles. The molecule has 0 radical (unpaired) electrons. The number of hydrogen-bond acceptors (Lipinski definition) is 3. The fraction of sp³-hybridized carbons (Fsp3) is 0.143. The van der Waals surface area contributed by atoms with Gasteiger partial charge in [-0.1, -0.05) is 0 Å². The van der Waals surface area contributed by atoms with Gasteiger partial charge in [-0.3, -0.25) is 0 Å². The van der Waals surface area contributed by atoms with Crippen LogP contribution in [0.25, 0.3) is 11.2 Å². The summed E-state index contributed by atoms with van der Waals surface area (Å²) in [6.07, 6.45) is 0. The normalized spacial score (nSPS) is 10.5. The van der Waals surface area contributed by atoms with Gasteiger partial charge < -0.3 is 9.72 Å². The zero-order valence-corrected chi connectivity index (χ0v) is 7.09. The average Bonchev–Trinajstić information content (AvgIpc) is 2.43. The van der Waals surface area contributed by atoms with Crippen LogP contribution >= 0.6 is 11.6 Å². The third-order valence-corrected chi connectivity index (χ3v) is 1.68. The lowest BCUT2D eigenvalue weighted by Crippen LogP contribution is -1.86. The Morgan fingerprint density at radius 2 is 2.25 bits per heavy atom. The molecule has 0 fully saturated rings. The molecule has 0 atom stereocenters. The number of nitrogens with zero attached hydrogens (tertiary/aromatic N) is 2. The first-order valence-electron chi connectivity index (χ1n) is 3.36. The van der Waals surface area contributed by atoms with Crippen LogP contribution < -0.4 is 4.74 Å². The first-order chi connectivity index (χ1) is 5.79. The Hall–Kier alpha value is -1.29. The minimum absolute atomic E-state index is 0.339. The number of aromatic nitrogens is 3. The number of pyridine rings is 1. The highest BCUT2D eigenvalue weighted by Gasteiger charge is 2.02. The van der Waals surface area contributed by atoms with Crippen LogP contribution in [0.5, 0.6) is 5.88 Å². The van der Waals surface area contributed by atoms with E-state index in [1.807, 2.05) is 6.07 Å². The maximum atomic E-state index is 5.63. The summed E-state index contributed by atoms with van der Waals surface area (Å²) in [7, 11) is 1.56. The fourth-order valence-corrected chi connectivity index (χ4v) is 1.14. The van der Waals surface area contributed by atoms with Gasteiger partial charge in [0.1, 0.15) is 0 Å². The quantitative estimate of drug-likeness (QED) is 0.731. The van der Waals surface area contributed by atoms with E-state index in [1.54, 1.807) is 13.2 Å². The summed E-state index contributed by atoms with van der Waals surface area (Å²) in [6.45, 7) is 0. The lowest BCUT2D eigenvalue weighted by atomic mass is 10.4. The molecule has 0 bridgehead atoms. The topological polar surface area (TPSA) is 50.8 Å². The van der Waals surface area contributed by atoms with E-state index >= 15 is 0 Å². The van der Waals surface area contributed by atoms with E-state index in [1.165, 1.54) is 0 Å². The maximum Gasteiger partial charge on any atom is 0.215 e. The van der Waals surface area contributed by atoms with Gasteiger partial charge in [-0.05, 0) is 17.7 Å². The van der Waals surface area contributed by atoms with Crippen LogP contribution in [0.1, 0.15) is 0 Å². The summed E-state index contributed by atoms with van der Waals surface area (Å²) >= 11 is 5.63. The van der Waals surface area contributed by atoms with Crippen LogP contribution in [0.3, 0.4) is 0 Å². The molecule has 2 heterocycles. The third kappa shape index (κ3) is 1.10. The minimum Gasteiger partial charge on any atom is -0.481 e. The van der Waals surface area contributed by atoms with Gasteiger partial charge in [0.15, 0.2) is 5.65 Å². The summed E-state index contributed by atoms with van der Waals surface area (Å²) in [6, 6.07) is 3.57. The van der Waals surface area contributed by atoms with Crippen LogP contribution in [0, 0.1) is 0 Å². The van der Waals surface area contributed by atoms with Crippen molar-refractivity contribution < 1.29 is 4.74 Å². The molecule has 0 aliphatic heterocycles. The van der Waals surface area contributed by atoms with E-state index in [2.05, 4.69) is 15.0 Å². The molecule has 2 rings (SSSR count). The molecule has 0 aliphatic rings. The highest BCUT2D eigenvalue weighted by atomic mass is 35.5. The molecule has 62 valence electrons. The molecule has 5 heteroatoms. The van der Waals surface area contributed by atoms with Crippen LogP contribution in [0.15, 0.2) is 12.1 Å². The van der Waals surface area contributed by atoms with Crippen molar-refractivity contribution in [1.29, 1.82) is 0 Å². The Morgan fingerprint density at radius 3 is 3.00 bits per heavy atom. The highest BCUT2D eigenvalue weighted by molar-refractivity contribution is 6.28. The van der Waals surface area contributed by atoms with Gasteiger partial charge in [-0.25, -0.2) is 0 Å². The molecule has 12 heavy (non-hydrogen) atoms. The van der Waals surface area contributed by atoms with Crippen LogP contribution in [-0.4, -0.2) is 22.1 Å². The van der Waals surface area contributed by atoms with Crippen molar-refractivity contribution >= 4 is 22.8 Å². The van der Waals surface area contributed by atoms with Crippen molar-refractivity contribution in [3.8, 4) is 5.88 Å². The lowest BCUT2D eigenvalue weighted by Gasteiger charge is -1.95. The first kappa shape index (κ1) is 7.36. The van der Waals surface area contributed by atoms with Crippen LogP contribution in [-0.2, 0) is 0 Å². The number of halogens is 1. The number of H-pyrrole nitrogens is 1. The number of imidazole rings is 1. The second kappa shape index (κ2) is 2.64. The molecular weight excluding hydrogens is 178 g/mol. The molecule has 0 saturated heterocycles. The number of rotatable bonds is 1. The Labute approximate surface area is 73.5 Å². The highest BCUT2D eigenvalue weighted by Crippen LogP contribution is 2.15. The minimum atomic E-state index is 0.339. The summed E-state index contributed by atoms with van der Waals surface area (Å²) in [5, 5.41) is 0.339. The second-order valence-electron chi connectivity index (χ2n) is 2.25. The van der Waals surface area contributed by atoms with Crippen molar-refractivity contribution in [3.05, 3.63) is 17.4 Å². The standard InChI is InChI=1S/C7H6ClN3O/c1-12-5-3-2-4-6(10-5)11-7(8)9-4/h2-3H,1H3,(H,9,10,11). The smallest absolute Gasteiger partial charge is 0.215 e. The summed E-state index contributed by atoms with van der Waals surface area (Å²) < 4.78 is 4.92. The Kier molecular flexibility index (Phi) is 1.62. The summed E-state index contributed by atoms with van der Waals surface area (Å²) in [5.41, 5.74) is 1.38. The Morgan fingerprint density at radius 1 is 1.42 bits per heavy atom. The SMILES string of the molecule is COc1ccc2[nH]c(Cl)nc2n1. The molecule has 2 aromatic heterocycles. The zero-order valence-electron chi connectivity index (χ0n) is 6.34. The van der Waals surface area contributed by atoms with E-state index in [-0.39, 0.29) is 0 Å². The van der Waals surface area contributed by atoms with Gasteiger partial charge in [0.25, 0.3) is 0 Å². The summed E-state index contributed by atoms with van der Waals surface area (Å²) in [5.74, 6) is 0.533. The molecule has 0 aliphatic carbocycles. The van der Waals surface area contributed by atoms with Crippen molar-refractivity contribution in [3.63, 3.8) is 0 Å². The van der Waals surface area contributed by atoms with Crippen molar-refractivity contribution in [2.75, 3.05) is 7.11 Å². The van der Waals surface area contributed by atoms with Gasteiger partial charge >= 0.3 is 0 Å². The number of nitrogens with one attached hydrogen (secondary N) is 1. The number of aromatic amines is 1. The van der Waals surface area contributed by atoms with Crippen molar-refractivity contribution in [1.82, 2.24) is 15.0 Å². The molecule has 0 amide bonds. The van der Waals surface area contributed by atoms with Crippen molar-refractivity contribution in [2.45, 2.75) is 0 Å². The molecule has 1 N–H and O–H groups in total. The van der Waals surface area contributed by atoms with E-state index in [0.29, 0.717) is 16.8 Å². The first-order valence-corrected chi connectivity index (χ1v) is 3.73. The number of ether oxygens (including phenoxy) is 1. The fourth-order valence-electron chi connectivity index (χ4n) is 0.960. The zero-order chi connectivity index (χ0) is 8.55. The predicted octanol–water partition coefficient (Wildman–Crippen LogP) is 1.62. The maximum absolute atomic E-state index is 5.63. The molecule has 4 nitrogen and oxygen atoms in total. The Bertz CT molecular complexity index is 412. The molecular formula is C7H6ClN3O. The van der Waals surface area contributed by atoms with E-state index in [0.717, 1.165) is 5.52 Å². The van der Waals surface area contributed by atoms with Gasteiger partial charge in [0, 0.05) is 6.07 Å². The van der Waals surface area contributed by atoms with Crippen molar-refractivity contribution in [2.24, 2.45) is 0 Å². The van der Waals surface area contributed by atoms with E-state index in [9.17, 15) is 0 Å². The number of fused-ring (bicyclic) bond motifs is 1. The number of methoxy groups -OCH3 is 1. The van der Waals surface area contributed by atoms with Gasteiger partial charge in [-0.15, -0.1) is 0 Å². The van der Waals surface area contributed by atoms with Crippen LogP contribution in [0.4, 0.5) is 0 Å². The Balaban J connectivity index is 2.66. The van der Waals surface area contributed by atoms with Crippen LogP contribution in [0.2, 0.25) is 5.28 Å². The second-order valence-corrected chi connectivity index (χ2v) is 2.61. The van der Waals surface area contributed by atoms with Gasteiger partial charge in [0.05, 0.1) is 12.6 Å². The molecule has 0 unspecified atom stereocenters. The van der Waals surface area contributed by atoms with E-state index < -0.39 is 0 Å². The number of hydrogen-bond donors (Lipinski definition) is 1. The average molecular weight is 184 g/mol. The monoisotopic (exact) mass is 183 g/mol. The van der Waals surface area contributed by atoms with Gasteiger partial charge in [0.2, 0.25) is 11.2 Å². The molecule has 0 spiro atoms. The predicted molar refractivity (Wildman–Crippen MR) is 45.5 cm³/mol. The molecule has 2 aromatic rings. The van der Waals surface area contributed by atoms with Gasteiger partial charge in [-0.2, -0.15) is 9.97 Å². The lowest BCUT2D eigenvalue weighted by molar-refractivity contribution is 0.399.